The molecule has 0 unspecified atom stereocenters. The minimum absolute atomic E-state index is 0.276. The van der Waals surface area contributed by atoms with Crippen LogP contribution in [0, 0.1) is 0 Å². The summed E-state index contributed by atoms with van der Waals surface area (Å²) in [6.45, 7) is 4.27. The van der Waals surface area contributed by atoms with Gasteiger partial charge in [0, 0.05) is 31.7 Å². The SMILES string of the molecule is CCNC(=NCc1ccc2c(c1)OCO2)NCc1ccnc(-n2cccn2)c1. The molecule has 0 spiro atoms. The first-order valence-electron chi connectivity index (χ1n) is 9.17. The van der Waals surface area contributed by atoms with Gasteiger partial charge in [0.05, 0.1) is 6.54 Å². The van der Waals surface area contributed by atoms with Crippen molar-refractivity contribution in [1.82, 2.24) is 25.4 Å². The maximum Gasteiger partial charge on any atom is 0.231 e. The average Bonchev–Trinajstić information content (AvgIpc) is 3.42. The zero-order chi connectivity index (χ0) is 19.2. The van der Waals surface area contributed by atoms with E-state index in [1.165, 1.54) is 0 Å². The highest BCUT2D eigenvalue weighted by Gasteiger charge is 2.13. The maximum atomic E-state index is 5.43. The monoisotopic (exact) mass is 378 g/mol. The van der Waals surface area contributed by atoms with Gasteiger partial charge in [-0.1, -0.05) is 6.07 Å². The van der Waals surface area contributed by atoms with Crippen molar-refractivity contribution in [2.45, 2.75) is 20.0 Å². The van der Waals surface area contributed by atoms with Gasteiger partial charge in [0.15, 0.2) is 23.3 Å². The molecule has 0 atom stereocenters. The quantitative estimate of drug-likeness (QED) is 0.505. The second-order valence-electron chi connectivity index (χ2n) is 6.21. The Morgan fingerprint density at radius 3 is 2.89 bits per heavy atom. The molecule has 0 amide bonds. The van der Waals surface area contributed by atoms with E-state index in [0.29, 0.717) is 13.1 Å². The van der Waals surface area contributed by atoms with E-state index in [-0.39, 0.29) is 6.79 Å². The third-order valence-corrected chi connectivity index (χ3v) is 4.21. The molecule has 0 bridgehead atoms. The highest BCUT2D eigenvalue weighted by molar-refractivity contribution is 5.79. The molecule has 4 rings (SSSR count). The maximum absolute atomic E-state index is 5.43. The Kier molecular flexibility index (Phi) is 5.37. The Balaban J connectivity index is 1.41. The number of nitrogens with zero attached hydrogens (tertiary/aromatic N) is 4. The fourth-order valence-electron chi connectivity index (χ4n) is 2.84. The Morgan fingerprint density at radius 1 is 1.11 bits per heavy atom. The summed E-state index contributed by atoms with van der Waals surface area (Å²) in [4.78, 5) is 9.02. The number of nitrogens with one attached hydrogen (secondary N) is 2. The molecule has 0 radical (unpaired) electrons. The number of pyridine rings is 1. The Labute approximate surface area is 163 Å². The fourth-order valence-corrected chi connectivity index (χ4v) is 2.84. The van der Waals surface area contributed by atoms with Gasteiger partial charge in [0.25, 0.3) is 0 Å². The standard InChI is InChI=1S/C20H22N6O2/c1-2-21-20(23-12-15-4-5-17-18(10-15)28-14-27-17)24-13-16-6-8-22-19(11-16)26-9-3-7-25-26/h3-11H,2,12-14H2,1H3,(H2,21,23,24). The molecule has 8 heteroatoms. The second kappa shape index (κ2) is 8.43. The largest absolute Gasteiger partial charge is 0.454 e. The van der Waals surface area contributed by atoms with Crippen molar-refractivity contribution >= 4 is 5.96 Å². The molecular weight excluding hydrogens is 356 g/mol. The molecule has 1 aliphatic heterocycles. The summed E-state index contributed by atoms with van der Waals surface area (Å²) in [7, 11) is 0. The van der Waals surface area contributed by atoms with Crippen molar-refractivity contribution in [1.29, 1.82) is 0 Å². The lowest BCUT2D eigenvalue weighted by molar-refractivity contribution is 0.174. The molecule has 0 fully saturated rings. The molecule has 0 aliphatic carbocycles. The van der Waals surface area contributed by atoms with Crippen molar-refractivity contribution in [2.75, 3.05) is 13.3 Å². The summed E-state index contributed by atoms with van der Waals surface area (Å²) in [6.07, 6.45) is 5.39. The van der Waals surface area contributed by atoms with Crippen LogP contribution in [-0.2, 0) is 13.1 Å². The van der Waals surface area contributed by atoms with E-state index in [4.69, 9.17) is 9.47 Å². The van der Waals surface area contributed by atoms with Gasteiger partial charge in [-0.25, -0.2) is 14.7 Å². The number of ether oxygens (including phenoxy) is 2. The minimum atomic E-state index is 0.276. The van der Waals surface area contributed by atoms with E-state index >= 15 is 0 Å². The average molecular weight is 378 g/mol. The van der Waals surface area contributed by atoms with Gasteiger partial charge in [-0.2, -0.15) is 5.10 Å². The fraction of sp³-hybridized carbons (Fsp3) is 0.250. The van der Waals surface area contributed by atoms with Gasteiger partial charge in [-0.3, -0.25) is 0 Å². The van der Waals surface area contributed by atoms with Gasteiger partial charge in [0.1, 0.15) is 0 Å². The molecule has 0 saturated heterocycles. The number of fused-ring (bicyclic) bond motifs is 1. The van der Waals surface area contributed by atoms with Crippen LogP contribution in [0.1, 0.15) is 18.1 Å². The van der Waals surface area contributed by atoms with E-state index in [1.54, 1.807) is 17.1 Å². The molecule has 3 heterocycles. The molecule has 1 aliphatic rings. The first kappa shape index (κ1) is 17.8. The number of hydrogen-bond donors (Lipinski definition) is 2. The summed E-state index contributed by atoms with van der Waals surface area (Å²) >= 11 is 0. The van der Waals surface area contributed by atoms with Crippen molar-refractivity contribution in [3.8, 4) is 17.3 Å². The smallest absolute Gasteiger partial charge is 0.231 e. The van der Waals surface area contributed by atoms with Crippen molar-refractivity contribution in [3.63, 3.8) is 0 Å². The summed E-state index contributed by atoms with van der Waals surface area (Å²) in [6, 6.07) is 11.7. The van der Waals surface area contributed by atoms with E-state index in [1.807, 2.05) is 49.5 Å². The molecule has 1 aromatic carbocycles. The van der Waals surface area contributed by atoms with Crippen LogP contribution in [-0.4, -0.2) is 34.1 Å². The number of aromatic nitrogens is 3. The van der Waals surface area contributed by atoms with Gasteiger partial charge in [-0.15, -0.1) is 0 Å². The molecule has 3 aromatic rings. The lowest BCUT2D eigenvalue weighted by atomic mass is 10.2. The summed E-state index contributed by atoms with van der Waals surface area (Å²) in [5.74, 6) is 3.08. The molecule has 8 nitrogen and oxygen atoms in total. The van der Waals surface area contributed by atoms with Crippen molar-refractivity contribution in [2.24, 2.45) is 4.99 Å². The van der Waals surface area contributed by atoms with E-state index in [9.17, 15) is 0 Å². The van der Waals surface area contributed by atoms with Crippen LogP contribution in [0.5, 0.6) is 11.5 Å². The Bertz CT molecular complexity index is 955. The van der Waals surface area contributed by atoms with Crippen LogP contribution in [0.4, 0.5) is 0 Å². The molecular formula is C20H22N6O2. The predicted molar refractivity (Wildman–Crippen MR) is 106 cm³/mol. The summed E-state index contributed by atoms with van der Waals surface area (Å²) in [5.41, 5.74) is 2.15. The van der Waals surface area contributed by atoms with Crippen LogP contribution in [0.2, 0.25) is 0 Å². The van der Waals surface area contributed by atoms with Crippen LogP contribution in [0.15, 0.2) is 60.0 Å². The van der Waals surface area contributed by atoms with Crippen molar-refractivity contribution in [3.05, 3.63) is 66.1 Å². The van der Waals surface area contributed by atoms with E-state index in [2.05, 4.69) is 25.7 Å². The van der Waals surface area contributed by atoms with E-state index < -0.39 is 0 Å². The topological polar surface area (TPSA) is 85.6 Å². The highest BCUT2D eigenvalue weighted by atomic mass is 16.7. The van der Waals surface area contributed by atoms with Crippen molar-refractivity contribution < 1.29 is 9.47 Å². The van der Waals surface area contributed by atoms with Crippen LogP contribution >= 0.6 is 0 Å². The lowest BCUT2D eigenvalue weighted by Crippen LogP contribution is -2.36. The van der Waals surface area contributed by atoms with Gasteiger partial charge >= 0.3 is 0 Å². The van der Waals surface area contributed by atoms with Crippen LogP contribution < -0.4 is 20.1 Å². The second-order valence-corrected chi connectivity index (χ2v) is 6.21. The molecule has 0 saturated carbocycles. The third-order valence-electron chi connectivity index (χ3n) is 4.21. The normalized spacial score (nSPS) is 12.8. The summed E-state index contributed by atoms with van der Waals surface area (Å²) < 4.78 is 12.5. The summed E-state index contributed by atoms with van der Waals surface area (Å²) in [5, 5.41) is 10.8. The number of guanidine groups is 1. The Morgan fingerprint density at radius 2 is 2.04 bits per heavy atom. The molecule has 2 N–H and O–H groups in total. The lowest BCUT2D eigenvalue weighted by Gasteiger charge is -2.12. The molecule has 2 aromatic heterocycles. The number of aliphatic imine (C=N–C) groups is 1. The zero-order valence-corrected chi connectivity index (χ0v) is 15.6. The van der Waals surface area contributed by atoms with Gasteiger partial charge in [-0.05, 0) is 48.4 Å². The van der Waals surface area contributed by atoms with E-state index in [0.717, 1.165) is 40.9 Å². The van der Waals surface area contributed by atoms with Gasteiger partial charge < -0.3 is 20.1 Å². The van der Waals surface area contributed by atoms with Crippen LogP contribution in [0.3, 0.4) is 0 Å². The number of benzene rings is 1. The third kappa shape index (κ3) is 4.22. The van der Waals surface area contributed by atoms with Crippen LogP contribution in [0.25, 0.3) is 5.82 Å². The zero-order valence-electron chi connectivity index (χ0n) is 15.6. The minimum Gasteiger partial charge on any atom is -0.454 e. The number of rotatable bonds is 6. The Hall–Kier alpha value is -3.55. The number of hydrogen-bond acceptors (Lipinski definition) is 5. The first-order chi connectivity index (χ1) is 13.8. The first-order valence-corrected chi connectivity index (χ1v) is 9.17. The predicted octanol–water partition coefficient (Wildman–Crippen LogP) is 2.25. The van der Waals surface area contributed by atoms with Gasteiger partial charge in [0.2, 0.25) is 6.79 Å². The highest BCUT2D eigenvalue weighted by Crippen LogP contribution is 2.32. The molecule has 144 valence electrons. The molecule has 28 heavy (non-hydrogen) atoms.